The predicted octanol–water partition coefficient (Wildman–Crippen LogP) is 3.01. The monoisotopic (exact) mass is 238 g/mol. The van der Waals surface area contributed by atoms with Crippen LogP contribution >= 0.6 is 0 Å². The minimum Gasteiger partial charge on any atom is -0.313 e. The molecule has 1 aliphatic heterocycles. The molecule has 0 amide bonds. The Balaban J connectivity index is 1.88. The Morgan fingerprint density at radius 2 is 2.17 bits per heavy atom. The molecular weight excluding hydrogens is 220 g/mol. The molecule has 1 aliphatic rings. The van der Waals surface area contributed by atoms with Gasteiger partial charge in [-0.25, -0.2) is 0 Å². The van der Waals surface area contributed by atoms with Gasteiger partial charge in [-0.2, -0.15) is 0 Å². The minimum atomic E-state index is 0.992. The van der Waals surface area contributed by atoms with Gasteiger partial charge in [-0.15, -0.1) is 0 Å². The molecule has 0 fully saturated rings. The highest BCUT2D eigenvalue weighted by atomic mass is 14.8. The van der Waals surface area contributed by atoms with E-state index < -0.39 is 0 Å². The van der Waals surface area contributed by atoms with Gasteiger partial charge in [0.25, 0.3) is 0 Å². The SMILES string of the molecule is Cc1ccc2nc(CC3=CCNCC3)ccc2c1. The molecule has 2 nitrogen and oxygen atoms in total. The van der Waals surface area contributed by atoms with Gasteiger partial charge in [0.2, 0.25) is 0 Å². The molecule has 0 radical (unpaired) electrons. The number of fused-ring (bicyclic) bond motifs is 1. The van der Waals surface area contributed by atoms with Crippen LogP contribution in [0, 0.1) is 6.92 Å². The van der Waals surface area contributed by atoms with Crippen molar-refractivity contribution in [3.8, 4) is 0 Å². The average molecular weight is 238 g/mol. The van der Waals surface area contributed by atoms with Crippen molar-refractivity contribution in [1.82, 2.24) is 10.3 Å². The Bertz CT molecular complexity index is 599. The summed E-state index contributed by atoms with van der Waals surface area (Å²) in [6.07, 6.45) is 4.43. The van der Waals surface area contributed by atoms with Crippen LogP contribution in [0.25, 0.3) is 10.9 Å². The van der Waals surface area contributed by atoms with Gasteiger partial charge in [-0.3, -0.25) is 4.98 Å². The molecule has 0 bridgehead atoms. The van der Waals surface area contributed by atoms with Gasteiger partial charge in [0.15, 0.2) is 0 Å². The standard InChI is InChI=1S/C16H18N2/c1-12-2-5-16-14(10-12)3-4-15(18-16)11-13-6-8-17-9-7-13/h2-6,10,17H,7-9,11H2,1H3. The van der Waals surface area contributed by atoms with Crippen molar-refractivity contribution < 1.29 is 0 Å². The number of nitrogens with zero attached hydrogens (tertiary/aromatic N) is 1. The summed E-state index contributed by atoms with van der Waals surface area (Å²) in [7, 11) is 0. The molecule has 0 saturated carbocycles. The van der Waals surface area contributed by atoms with Crippen LogP contribution in [0.2, 0.25) is 0 Å². The Morgan fingerprint density at radius 1 is 1.22 bits per heavy atom. The fourth-order valence-electron chi connectivity index (χ4n) is 2.45. The van der Waals surface area contributed by atoms with Crippen molar-refractivity contribution in [2.75, 3.05) is 13.1 Å². The molecule has 18 heavy (non-hydrogen) atoms. The third-order valence-electron chi connectivity index (χ3n) is 3.47. The molecule has 3 rings (SSSR count). The molecule has 0 saturated heterocycles. The normalized spacial score (nSPS) is 15.7. The number of hydrogen-bond donors (Lipinski definition) is 1. The highest BCUT2D eigenvalue weighted by Gasteiger charge is 2.05. The van der Waals surface area contributed by atoms with Gasteiger partial charge in [0.05, 0.1) is 5.52 Å². The number of aromatic nitrogens is 1. The van der Waals surface area contributed by atoms with Crippen molar-refractivity contribution >= 4 is 10.9 Å². The van der Waals surface area contributed by atoms with Crippen LogP contribution in [0.15, 0.2) is 42.0 Å². The number of nitrogens with one attached hydrogen (secondary N) is 1. The highest BCUT2D eigenvalue weighted by molar-refractivity contribution is 5.79. The fraction of sp³-hybridized carbons (Fsp3) is 0.312. The second-order valence-electron chi connectivity index (χ2n) is 4.99. The number of pyridine rings is 1. The van der Waals surface area contributed by atoms with Crippen LogP contribution in [0.5, 0.6) is 0 Å². The summed E-state index contributed by atoms with van der Waals surface area (Å²) in [5.41, 5.74) is 5.08. The number of hydrogen-bond acceptors (Lipinski definition) is 2. The molecule has 2 heteroatoms. The first-order valence-corrected chi connectivity index (χ1v) is 6.56. The lowest BCUT2D eigenvalue weighted by molar-refractivity contribution is 0.690. The Kier molecular flexibility index (Phi) is 3.11. The molecule has 2 aromatic rings. The molecule has 1 aromatic carbocycles. The van der Waals surface area contributed by atoms with Gasteiger partial charge in [-0.05, 0) is 38.1 Å². The van der Waals surface area contributed by atoms with E-state index in [1.807, 2.05) is 0 Å². The molecule has 1 N–H and O–H groups in total. The summed E-state index contributed by atoms with van der Waals surface area (Å²) >= 11 is 0. The van der Waals surface area contributed by atoms with Gasteiger partial charge in [-0.1, -0.05) is 29.3 Å². The first-order valence-electron chi connectivity index (χ1n) is 6.56. The number of benzene rings is 1. The zero-order valence-corrected chi connectivity index (χ0v) is 10.7. The smallest absolute Gasteiger partial charge is 0.0705 e. The zero-order valence-electron chi connectivity index (χ0n) is 10.7. The first kappa shape index (κ1) is 11.4. The van der Waals surface area contributed by atoms with Crippen LogP contribution in [-0.2, 0) is 6.42 Å². The maximum atomic E-state index is 4.75. The van der Waals surface area contributed by atoms with Gasteiger partial charge >= 0.3 is 0 Å². The zero-order chi connectivity index (χ0) is 12.4. The van der Waals surface area contributed by atoms with Gasteiger partial charge < -0.3 is 5.32 Å². The summed E-state index contributed by atoms with van der Waals surface area (Å²) < 4.78 is 0. The second-order valence-corrected chi connectivity index (χ2v) is 4.99. The molecule has 2 heterocycles. The molecule has 1 aromatic heterocycles. The fourth-order valence-corrected chi connectivity index (χ4v) is 2.45. The van der Waals surface area contributed by atoms with Crippen LogP contribution in [0.3, 0.4) is 0 Å². The van der Waals surface area contributed by atoms with E-state index in [4.69, 9.17) is 4.98 Å². The van der Waals surface area contributed by atoms with E-state index in [2.05, 4.69) is 48.6 Å². The topological polar surface area (TPSA) is 24.9 Å². The highest BCUT2D eigenvalue weighted by Crippen LogP contribution is 2.17. The van der Waals surface area contributed by atoms with Crippen molar-refractivity contribution in [2.24, 2.45) is 0 Å². The van der Waals surface area contributed by atoms with Gasteiger partial charge in [0, 0.05) is 24.0 Å². The van der Waals surface area contributed by atoms with Crippen molar-refractivity contribution in [3.05, 3.63) is 53.2 Å². The van der Waals surface area contributed by atoms with E-state index in [1.165, 1.54) is 22.2 Å². The maximum absolute atomic E-state index is 4.75. The van der Waals surface area contributed by atoms with Crippen LogP contribution in [-0.4, -0.2) is 18.1 Å². The third-order valence-corrected chi connectivity index (χ3v) is 3.47. The summed E-state index contributed by atoms with van der Waals surface area (Å²) in [5.74, 6) is 0. The average Bonchev–Trinajstić information content (AvgIpc) is 2.40. The van der Waals surface area contributed by atoms with E-state index in [-0.39, 0.29) is 0 Å². The lowest BCUT2D eigenvalue weighted by Crippen LogP contribution is -2.21. The van der Waals surface area contributed by atoms with E-state index in [0.717, 1.165) is 31.4 Å². The molecule has 0 spiro atoms. The molecule has 0 unspecified atom stereocenters. The van der Waals surface area contributed by atoms with E-state index in [9.17, 15) is 0 Å². The molecule has 92 valence electrons. The third kappa shape index (κ3) is 2.44. The lowest BCUT2D eigenvalue weighted by atomic mass is 10.0. The van der Waals surface area contributed by atoms with Gasteiger partial charge in [0.1, 0.15) is 0 Å². The molecular formula is C16H18N2. The number of aryl methyl sites for hydroxylation is 1. The summed E-state index contributed by atoms with van der Waals surface area (Å²) in [5, 5.41) is 4.57. The van der Waals surface area contributed by atoms with Crippen LogP contribution in [0.1, 0.15) is 17.7 Å². The van der Waals surface area contributed by atoms with Crippen molar-refractivity contribution in [3.63, 3.8) is 0 Å². The summed E-state index contributed by atoms with van der Waals surface area (Å²) in [6, 6.07) is 10.8. The second kappa shape index (κ2) is 4.91. The quantitative estimate of drug-likeness (QED) is 0.814. The van der Waals surface area contributed by atoms with Crippen molar-refractivity contribution in [2.45, 2.75) is 19.8 Å². The van der Waals surface area contributed by atoms with Crippen molar-refractivity contribution in [1.29, 1.82) is 0 Å². The Morgan fingerprint density at radius 3 is 3.00 bits per heavy atom. The Labute approximate surface area is 108 Å². The van der Waals surface area contributed by atoms with E-state index in [1.54, 1.807) is 0 Å². The molecule has 0 aliphatic carbocycles. The first-order chi connectivity index (χ1) is 8.81. The lowest BCUT2D eigenvalue weighted by Gasteiger charge is -2.13. The Hall–Kier alpha value is -1.67. The summed E-state index contributed by atoms with van der Waals surface area (Å²) in [6.45, 7) is 4.22. The van der Waals surface area contributed by atoms with Crippen LogP contribution < -0.4 is 5.32 Å². The largest absolute Gasteiger partial charge is 0.313 e. The molecule has 0 atom stereocenters. The van der Waals surface area contributed by atoms with E-state index in [0.29, 0.717) is 0 Å². The minimum absolute atomic E-state index is 0.992. The number of rotatable bonds is 2. The van der Waals surface area contributed by atoms with E-state index >= 15 is 0 Å². The maximum Gasteiger partial charge on any atom is 0.0705 e. The predicted molar refractivity (Wildman–Crippen MR) is 75.8 cm³/mol. The van der Waals surface area contributed by atoms with Crippen LogP contribution in [0.4, 0.5) is 0 Å². The summed E-state index contributed by atoms with van der Waals surface area (Å²) in [4.78, 5) is 4.75.